The molecule has 1 aliphatic heterocycles. The number of hydrogen-bond acceptors (Lipinski definition) is 5. The Bertz CT molecular complexity index is 984. The van der Waals surface area contributed by atoms with Crippen LogP contribution in [-0.4, -0.2) is 22.6 Å². The summed E-state index contributed by atoms with van der Waals surface area (Å²) in [4.78, 5) is 18.6. The molecule has 6 heteroatoms. The van der Waals surface area contributed by atoms with Gasteiger partial charge in [-0.2, -0.15) is 10.2 Å². The molecule has 2 heterocycles. The second kappa shape index (κ2) is 6.45. The molecule has 0 N–H and O–H groups in total. The molecule has 128 valence electrons. The molecule has 1 aromatic heterocycles. The first-order chi connectivity index (χ1) is 12.6. The average Bonchev–Trinajstić information content (AvgIpc) is 3.29. The van der Waals surface area contributed by atoms with Gasteiger partial charge in [-0.1, -0.05) is 22.9 Å². The number of nitrogens with zero attached hydrogens (tertiary/aromatic N) is 4. The van der Waals surface area contributed by atoms with Gasteiger partial charge < -0.3 is 9.42 Å². The van der Waals surface area contributed by atoms with Crippen LogP contribution in [0.2, 0.25) is 0 Å². The normalized spacial score (nSPS) is 16.7. The maximum absolute atomic E-state index is 12.4. The fourth-order valence-corrected chi connectivity index (χ4v) is 3.06. The zero-order valence-corrected chi connectivity index (χ0v) is 14.2. The van der Waals surface area contributed by atoms with Gasteiger partial charge in [0.15, 0.2) is 5.82 Å². The van der Waals surface area contributed by atoms with Crippen LogP contribution in [-0.2, 0) is 4.79 Å². The van der Waals surface area contributed by atoms with Crippen molar-refractivity contribution in [3.63, 3.8) is 0 Å². The van der Waals surface area contributed by atoms with Crippen molar-refractivity contribution in [2.24, 2.45) is 0 Å². The van der Waals surface area contributed by atoms with Crippen LogP contribution in [0.5, 0.6) is 0 Å². The van der Waals surface area contributed by atoms with Crippen LogP contribution in [0.15, 0.2) is 53.1 Å². The number of benzene rings is 2. The van der Waals surface area contributed by atoms with E-state index >= 15 is 0 Å². The van der Waals surface area contributed by atoms with E-state index < -0.39 is 0 Å². The van der Waals surface area contributed by atoms with Gasteiger partial charge in [0.05, 0.1) is 11.6 Å². The van der Waals surface area contributed by atoms with Gasteiger partial charge >= 0.3 is 0 Å². The third-order valence-corrected chi connectivity index (χ3v) is 4.54. The lowest BCUT2D eigenvalue weighted by Gasteiger charge is -2.16. The SMILES string of the molecule is Cc1ccc(N2C[C@H](c3noc(-c4ccc(C#N)cc4)n3)CC2=O)cc1. The maximum Gasteiger partial charge on any atom is 0.257 e. The van der Waals surface area contributed by atoms with E-state index in [1.807, 2.05) is 31.2 Å². The molecule has 0 bridgehead atoms. The molecule has 3 aromatic rings. The van der Waals surface area contributed by atoms with Gasteiger partial charge in [0, 0.05) is 30.1 Å². The zero-order chi connectivity index (χ0) is 18.1. The van der Waals surface area contributed by atoms with Crippen molar-refractivity contribution in [1.29, 1.82) is 5.26 Å². The molecule has 0 radical (unpaired) electrons. The maximum atomic E-state index is 12.4. The summed E-state index contributed by atoms with van der Waals surface area (Å²) in [6.45, 7) is 2.55. The van der Waals surface area contributed by atoms with Crippen LogP contribution in [0, 0.1) is 18.3 Å². The summed E-state index contributed by atoms with van der Waals surface area (Å²) in [5.41, 5.74) is 3.37. The molecule has 0 unspecified atom stereocenters. The minimum Gasteiger partial charge on any atom is -0.334 e. The summed E-state index contributed by atoms with van der Waals surface area (Å²) < 4.78 is 5.35. The molecule has 4 rings (SSSR count). The summed E-state index contributed by atoms with van der Waals surface area (Å²) in [5, 5.41) is 12.9. The first-order valence-electron chi connectivity index (χ1n) is 8.35. The lowest BCUT2D eigenvalue weighted by molar-refractivity contribution is -0.117. The first-order valence-corrected chi connectivity index (χ1v) is 8.35. The van der Waals surface area contributed by atoms with E-state index in [0.29, 0.717) is 30.2 Å². The van der Waals surface area contributed by atoms with Crippen molar-refractivity contribution in [2.75, 3.05) is 11.4 Å². The Kier molecular flexibility index (Phi) is 3.98. The lowest BCUT2D eigenvalue weighted by Crippen LogP contribution is -2.24. The molecular formula is C20H16N4O2. The topological polar surface area (TPSA) is 83.0 Å². The summed E-state index contributed by atoms with van der Waals surface area (Å²) in [6.07, 6.45) is 0.361. The molecule has 1 aliphatic rings. The summed E-state index contributed by atoms with van der Waals surface area (Å²) in [7, 11) is 0. The van der Waals surface area contributed by atoms with E-state index in [4.69, 9.17) is 9.78 Å². The van der Waals surface area contributed by atoms with Crippen LogP contribution in [0.4, 0.5) is 5.69 Å². The minimum absolute atomic E-state index is 0.0589. The lowest BCUT2D eigenvalue weighted by atomic mass is 10.1. The van der Waals surface area contributed by atoms with Gasteiger partial charge in [0.1, 0.15) is 0 Å². The highest BCUT2D eigenvalue weighted by Crippen LogP contribution is 2.31. The van der Waals surface area contributed by atoms with E-state index in [0.717, 1.165) is 16.8 Å². The Balaban J connectivity index is 1.53. The summed E-state index contributed by atoms with van der Waals surface area (Å²) in [6, 6.07) is 16.9. The molecule has 0 aliphatic carbocycles. The third-order valence-electron chi connectivity index (χ3n) is 4.54. The quantitative estimate of drug-likeness (QED) is 0.727. The van der Waals surface area contributed by atoms with Crippen LogP contribution in [0.3, 0.4) is 0 Å². The first kappa shape index (κ1) is 16.0. The van der Waals surface area contributed by atoms with Crippen LogP contribution >= 0.6 is 0 Å². The minimum atomic E-state index is -0.0975. The highest BCUT2D eigenvalue weighted by Gasteiger charge is 2.34. The fourth-order valence-electron chi connectivity index (χ4n) is 3.06. The van der Waals surface area contributed by atoms with E-state index in [1.165, 1.54) is 0 Å². The smallest absolute Gasteiger partial charge is 0.257 e. The molecule has 6 nitrogen and oxygen atoms in total. The third kappa shape index (κ3) is 2.95. The molecule has 2 aromatic carbocycles. The number of amides is 1. The van der Waals surface area contributed by atoms with Crippen LogP contribution in [0.1, 0.15) is 29.3 Å². The monoisotopic (exact) mass is 344 g/mol. The Labute approximate surface area is 150 Å². The van der Waals surface area contributed by atoms with Crippen LogP contribution in [0.25, 0.3) is 11.5 Å². The van der Waals surface area contributed by atoms with Gasteiger partial charge in [-0.3, -0.25) is 4.79 Å². The molecule has 1 saturated heterocycles. The molecule has 0 spiro atoms. The van der Waals surface area contributed by atoms with Crippen molar-refractivity contribution < 1.29 is 9.32 Å². The molecular weight excluding hydrogens is 328 g/mol. The van der Waals surface area contributed by atoms with Crippen molar-refractivity contribution in [3.8, 4) is 17.5 Å². The van der Waals surface area contributed by atoms with Gasteiger partial charge in [-0.15, -0.1) is 0 Å². The Hall–Kier alpha value is -3.46. The number of nitriles is 1. The van der Waals surface area contributed by atoms with Crippen molar-refractivity contribution in [2.45, 2.75) is 19.3 Å². The average molecular weight is 344 g/mol. The van der Waals surface area contributed by atoms with Gasteiger partial charge in [-0.25, -0.2) is 0 Å². The van der Waals surface area contributed by atoms with Crippen molar-refractivity contribution in [1.82, 2.24) is 10.1 Å². The number of carbonyl (C=O) groups excluding carboxylic acids is 1. The van der Waals surface area contributed by atoms with E-state index in [9.17, 15) is 4.79 Å². The second-order valence-electron chi connectivity index (χ2n) is 6.39. The highest BCUT2D eigenvalue weighted by molar-refractivity contribution is 5.96. The summed E-state index contributed by atoms with van der Waals surface area (Å²) in [5.74, 6) is 0.890. The number of anilines is 1. The van der Waals surface area contributed by atoms with E-state index in [1.54, 1.807) is 29.2 Å². The Morgan fingerprint density at radius 3 is 2.58 bits per heavy atom. The predicted molar refractivity (Wildman–Crippen MR) is 95.3 cm³/mol. The standard InChI is InChI=1S/C20H16N4O2/c1-13-2-8-17(9-3-13)24-12-16(10-18(24)25)19-22-20(26-23-19)15-6-4-14(11-21)5-7-15/h2-9,16H,10,12H2,1H3/t16-/m1/s1. The molecule has 1 amide bonds. The highest BCUT2D eigenvalue weighted by atomic mass is 16.5. The van der Waals surface area contributed by atoms with Gasteiger partial charge in [0.2, 0.25) is 5.91 Å². The van der Waals surface area contributed by atoms with E-state index in [-0.39, 0.29) is 11.8 Å². The van der Waals surface area contributed by atoms with Gasteiger partial charge in [-0.05, 0) is 43.3 Å². The number of hydrogen-bond donors (Lipinski definition) is 0. The van der Waals surface area contributed by atoms with E-state index in [2.05, 4.69) is 16.2 Å². The Morgan fingerprint density at radius 2 is 1.88 bits per heavy atom. The molecule has 1 fully saturated rings. The largest absolute Gasteiger partial charge is 0.334 e. The number of carbonyl (C=O) groups is 1. The predicted octanol–water partition coefficient (Wildman–Crippen LogP) is 3.44. The number of aromatic nitrogens is 2. The molecule has 0 saturated carbocycles. The number of rotatable bonds is 3. The fraction of sp³-hybridized carbons (Fsp3) is 0.200. The molecule has 26 heavy (non-hydrogen) atoms. The van der Waals surface area contributed by atoms with Crippen molar-refractivity contribution in [3.05, 3.63) is 65.5 Å². The van der Waals surface area contributed by atoms with Crippen LogP contribution < -0.4 is 4.90 Å². The Morgan fingerprint density at radius 1 is 1.15 bits per heavy atom. The molecule has 1 atom stereocenters. The number of aryl methyl sites for hydroxylation is 1. The van der Waals surface area contributed by atoms with Crippen molar-refractivity contribution >= 4 is 11.6 Å². The summed E-state index contributed by atoms with van der Waals surface area (Å²) >= 11 is 0. The second-order valence-corrected chi connectivity index (χ2v) is 6.39. The van der Waals surface area contributed by atoms with Gasteiger partial charge in [0.25, 0.3) is 5.89 Å². The zero-order valence-electron chi connectivity index (χ0n) is 14.2.